The molecule has 3 rings (SSSR count). The maximum atomic E-state index is 12.7. The molecule has 156 valence electrons. The number of carbonyl (C=O) groups excluding carboxylic acids is 2. The summed E-state index contributed by atoms with van der Waals surface area (Å²) in [5, 5.41) is 7.74. The summed E-state index contributed by atoms with van der Waals surface area (Å²) < 4.78 is 1.92. The molecule has 0 aliphatic carbocycles. The van der Waals surface area contributed by atoms with E-state index in [1.165, 1.54) is 0 Å². The van der Waals surface area contributed by atoms with E-state index in [-0.39, 0.29) is 23.1 Å². The Kier molecular flexibility index (Phi) is 6.10. The van der Waals surface area contributed by atoms with E-state index in [0.29, 0.717) is 19.6 Å². The third kappa shape index (κ3) is 4.69. The zero-order valence-electron chi connectivity index (χ0n) is 18.2. The van der Waals surface area contributed by atoms with Crippen molar-refractivity contribution in [2.24, 2.45) is 11.3 Å². The van der Waals surface area contributed by atoms with Gasteiger partial charge in [0.05, 0.1) is 11.4 Å². The fraction of sp³-hybridized carbons (Fsp3) is 0.522. The Morgan fingerprint density at radius 1 is 1.10 bits per heavy atom. The summed E-state index contributed by atoms with van der Waals surface area (Å²) in [6, 6.07) is 10.0. The summed E-state index contributed by atoms with van der Waals surface area (Å²) >= 11 is 0. The molecule has 2 heterocycles. The van der Waals surface area contributed by atoms with Crippen molar-refractivity contribution in [3.05, 3.63) is 47.3 Å². The number of nitrogens with zero attached hydrogens (tertiary/aromatic N) is 3. The van der Waals surface area contributed by atoms with Crippen molar-refractivity contribution in [3.63, 3.8) is 0 Å². The van der Waals surface area contributed by atoms with E-state index in [9.17, 15) is 9.59 Å². The van der Waals surface area contributed by atoms with Crippen LogP contribution < -0.4 is 5.32 Å². The Hall–Kier alpha value is -2.63. The van der Waals surface area contributed by atoms with Crippen molar-refractivity contribution in [1.29, 1.82) is 0 Å². The Bertz CT molecular complexity index is 872. The van der Waals surface area contributed by atoms with Crippen LogP contribution in [0.4, 0.5) is 0 Å². The van der Waals surface area contributed by atoms with Crippen molar-refractivity contribution < 1.29 is 9.59 Å². The van der Waals surface area contributed by atoms with Crippen LogP contribution in [-0.2, 0) is 16.1 Å². The summed E-state index contributed by atoms with van der Waals surface area (Å²) in [5.74, 6) is 0.193. The lowest BCUT2D eigenvalue weighted by atomic mass is 9.90. The minimum Gasteiger partial charge on any atom is -0.352 e. The number of rotatable bonds is 4. The van der Waals surface area contributed by atoms with Crippen LogP contribution in [0.5, 0.6) is 0 Å². The second kappa shape index (κ2) is 8.39. The summed E-state index contributed by atoms with van der Waals surface area (Å²) in [5.41, 5.74) is 3.67. The Labute approximate surface area is 173 Å². The molecule has 0 radical (unpaired) electrons. The van der Waals surface area contributed by atoms with Gasteiger partial charge in [0, 0.05) is 42.2 Å². The highest BCUT2D eigenvalue weighted by molar-refractivity contribution is 5.82. The number of piperidine rings is 1. The van der Waals surface area contributed by atoms with E-state index in [0.717, 1.165) is 35.5 Å². The lowest BCUT2D eigenvalue weighted by Gasteiger charge is -2.35. The summed E-state index contributed by atoms with van der Waals surface area (Å²) in [6.45, 7) is 11.6. The van der Waals surface area contributed by atoms with Gasteiger partial charge < -0.3 is 10.2 Å². The van der Waals surface area contributed by atoms with E-state index < -0.39 is 0 Å². The third-order valence-electron chi connectivity index (χ3n) is 5.68. The first-order valence-corrected chi connectivity index (χ1v) is 10.4. The maximum absolute atomic E-state index is 12.7. The van der Waals surface area contributed by atoms with Crippen LogP contribution >= 0.6 is 0 Å². The first-order chi connectivity index (χ1) is 13.7. The maximum Gasteiger partial charge on any atom is 0.227 e. The lowest BCUT2D eigenvalue weighted by Crippen LogP contribution is -2.46. The molecule has 1 aromatic carbocycles. The Morgan fingerprint density at radius 2 is 1.72 bits per heavy atom. The molecular weight excluding hydrogens is 364 g/mol. The van der Waals surface area contributed by atoms with E-state index in [1.54, 1.807) is 0 Å². The van der Waals surface area contributed by atoms with Crippen LogP contribution in [0.1, 0.15) is 50.6 Å². The van der Waals surface area contributed by atoms with Crippen molar-refractivity contribution in [2.75, 3.05) is 13.1 Å². The van der Waals surface area contributed by atoms with Crippen molar-refractivity contribution >= 4 is 11.8 Å². The Balaban J connectivity index is 1.58. The van der Waals surface area contributed by atoms with Gasteiger partial charge in [-0.05, 0) is 38.8 Å². The smallest absolute Gasteiger partial charge is 0.227 e. The standard InChI is InChI=1S/C23H32N4O2/c1-16-20(17(2)27(25-16)19-9-7-6-8-10-19)15-24-21(28)18-11-13-26(14-12-18)22(29)23(3,4)5/h6-10,18H,11-15H2,1-5H3,(H,24,28). The van der Waals surface area contributed by atoms with E-state index >= 15 is 0 Å². The molecule has 0 spiro atoms. The van der Waals surface area contributed by atoms with Gasteiger partial charge in [-0.25, -0.2) is 4.68 Å². The number of nitrogens with one attached hydrogen (secondary N) is 1. The normalized spacial score (nSPS) is 15.4. The summed E-state index contributed by atoms with van der Waals surface area (Å²) in [6.07, 6.45) is 1.43. The van der Waals surface area contributed by atoms with Gasteiger partial charge in [-0.15, -0.1) is 0 Å². The third-order valence-corrected chi connectivity index (χ3v) is 5.68. The van der Waals surface area contributed by atoms with Crippen molar-refractivity contribution in [1.82, 2.24) is 20.0 Å². The van der Waals surface area contributed by atoms with Gasteiger partial charge in [0.25, 0.3) is 0 Å². The van der Waals surface area contributed by atoms with Gasteiger partial charge >= 0.3 is 0 Å². The van der Waals surface area contributed by atoms with E-state index in [4.69, 9.17) is 0 Å². The quantitative estimate of drug-likeness (QED) is 0.861. The number of hydrogen-bond donors (Lipinski definition) is 1. The molecule has 0 bridgehead atoms. The van der Waals surface area contributed by atoms with Gasteiger partial charge in [0.1, 0.15) is 0 Å². The summed E-state index contributed by atoms with van der Waals surface area (Å²) in [7, 11) is 0. The zero-order chi connectivity index (χ0) is 21.2. The molecule has 0 unspecified atom stereocenters. The predicted octanol–water partition coefficient (Wildman–Crippen LogP) is 3.39. The second-order valence-corrected chi connectivity index (χ2v) is 8.93. The highest BCUT2D eigenvalue weighted by Gasteiger charge is 2.32. The van der Waals surface area contributed by atoms with E-state index in [2.05, 4.69) is 10.4 Å². The van der Waals surface area contributed by atoms with Crippen LogP contribution in [0.25, 0.3) is 5.69 Å². The minimum atomic E-state index is -0.372. The molecule has 1 aromatic heterocycles. The summed E-state index contributed by atoms with van der Waals surface area (Å²) in [4.78, 5) is 27.0. The van der Waals surface area contributed by atoms with Gasteiger partial charge in [-0.3, -0.25) is 9.59 Å². The molecule has 1 N–H and O–H groups in total. The monoisotopic (exact) mass is 396 g/mol. The van der Waals surface area contributed by atoms with E-state index in [1.807, 2.05) is 74.5 Å². The first-order valence-electron chi connectivity index (χ1n) is 10.4. The number of carbonyl (C=O) groups is 2. The second-order valence-electron chi connectivity index (χ2n) is 8.93. The van der Waals surface area contributed by atoms with Crippen LogP contribution in [0, 0.1) is 25.2 Å². The fourth-order valence-electron chi connectivity index (χ4n) is 3.89. The van der Waals surface area contributed by atoms with Crippen molar-refractivity contribution in [2.45, 2.75) is 54.0 Å². The zero-order valence-corrected chi connectivity index (χ0v) is 18.2. The van der Waals surface area contributed by atoms with Crippen LogP contribution in [0.2, 0.25) is 0 Å². The topological polar surface area (TPSA) is 67.2 Å². The molecule has 6 heteroatoms. The number of hydrogen-bond acceptors (Lipinski definition) is 3. The molecule has 2 aromatic rings. The van der Waals surface area contributed by atoms with Gasteiger partial charge in [-0.1, -0.05) is 39.0 Å². The van der Waals surface area contributed by atoms with Crippen LogP contribution in [0.3, 0.4) is 0 Å². The SMILES string of the molecule is Cc1nn(-c2ccccc2)c(C)c1CNC(=O)C1CCN(C(=O)C(C)(C)C)CC1. The number of aryl methyl sites for hydroxylation is 1. The first kappa shape index (κ1) is 21.1. The number of likely N-dealkylation sites (tertiary alicyclic amines) is 1. The molecule has 29 heavy (non-hydrogen) atoms. The van der Waals surface area contributed by atoms with Crippen LogP contribution in [0.15, 0.2) is 30.3 Å². The van der Waals surface area contributed by atoms with Crippen LogP contribution in [-0.4, -0.2) is 39.6 Å². The van der Waals surface area contributed by atoms with Gasteiger partial charge in [0.15, 0.2) is 0 Å². The minimum absolute atomic E-state index is 0.0381. The number of benzene rings is 1. The molecule has 2 amide bonds. The number of aromatic nitrogens is 2. The molecule has 1 aliphatic rings. The molecule has 1 fully saturated rings. The highest BCUT2D eigenvalue weighted by atomic mass is 16.2. The average molecular weight is 397 g/mol. The Morgan fingerprint density at radius 3 is 2.31 bits per heavy atom. The molecule has 0 saturated carbocycles. The molecule has 0 atom stereocenters. The molecular formula is C23H32N4O2. The number of amides is 2. The average Bonchev–Trinajstić information content (AvgIpc) is 2.99. The van der Waals surface area contributed by atoms with Crippen molar-refractivity contribution in [3.8, 4) is 5.69 Å². The largest absolute Gasteiger partial charge is 0.352 e. The van der Waals surface area contributed by atoms with Gasteiger partial charge in [-0.2, -0.15) is 5.10 Å². The molecule has 1 aliphatic heterocycles. The highest BCUT2D eigenvalue weighted by Crippen LogP contribution is 2.24. The fourth-order valence-corrected chi connectivity index (χ4v) is 3.89. The predicted molar refractivity (Wildman–Crippen MR) is 114 cm³/mol. The van der Waals surface area contributed by atoms with Gasteiger partial charge in [0.2, 0.25) is 11.8 Å². The number of para-hydroxylation sites is 1. The lowest BCUT2D eigenvalue weighted by molar-refractivity contribution is -0.142. The molecule has 1 saturated heterocycles. The molecule has 6 nitrogen and oxygen atoms in total.